The van der Waals surface area contributed by atoms with Crippen LogP contribution in [0.15, 0.2) is 50.5 Å². The Balaban J connectivity index is 1.44. The van der Waals surface area contributed by atoms with Crippen molar-refractivity contribution < 1.29 is 18.5 Å². The molecule has 4 rings (SSSR count). The van der Waals surface area contributed by atoms with Crippen LogP contribution in [0.4, 0.5) is 0 Å². The molecule has 0 spiro atoms. The van der Waals surface area contributed by atoms with Crippen LogP contribution in [0.25, 0.3) is 11.4 Å². The molecule has 1 saturated heterocycles. The van der Waals surface area contributed by atoms with Crippen LogP contribution in [0.5, 0.6) is 0 Å². The van der Waals surface area contributed by atoms with Crippen LogP contribution in [-0.4, -0.2) is 29.3 Å². The number of carbonyl (C=O) groups excluding carboxylic acids is 1. The fourth-order valence-electron chi connectivity index (χ4n) is 3.21. The summed E-state index contributed by atoms with van der Waals surface area (Å²) in [5, 5.41) is 6.54. The van der Waals surface area contributed by atoms with Crippen molar-refractivity contribution in [2.75, 3.05) is 13.2 Å². The zero-order valence-corrected chi connectivity index (χ0v) is 15.3. The highest BCUT2D eigenvalue weighted by molar-refractivity contribution is 5.95. The number of amides is 1. The van der Waals surface area contributed by atoms with Crippen molar-refractivity contribution in [2.24, 2.45) is 0 Å². The summed E-state index contributed by atoms with van der Waals surface area (Å²) < 4.78 is 15.4. The van der Waals surface area contributed by atoms with Gasteiger partial charge in [0.05, 0.1) is 6.61 Å². The van der Waals surface area contributed by atoms with Crippen molar-refractivity contribution in [1.82, 2.24) is 15.5 Å². The van der Waals surface area contributed by atoms with Crippen molar-refractivity contribution in [3.05, 3.63) is 69.6 Å². The third kappa shape index (κ3) is 3.72. The predicted octanol–water partition coefficient (Wildman–Crippen LogP) is 2.43. The molecule has 2 aromatic heterocycles. The van der Waals surface area contributed by atoms with Gasteiger partial charge in [0.1, 0.15) is 11.3 Å². The summed E-state index contributed by atoms with van der Waals surface area (Å²) in [6.07, 6.45) is 2.08. The van der Waals surface area contributed by atoms with Gasteiger partial charge in [0.2, 0.25) is 12.2 Å². The summed E-state index contributed by atoms with van der Waals surface area (Å²) in [6, 6.07) is 9.14. The largest absolute Gasteiger partial charge is 0.427 e. The monoisotopic (exact) mass is 381 g/mol. The van der Waals surface area contributed by atoms with E-state index in [0.29, 0.717) is 30.4 Å². The number of aryl methyl sites for hydroxylation is 1. The third-order valence-corrected chi connectivity index (χ3v) is 4.75. The molecule has 8 heteroatoms. The van der Waals surface area contributed by atoms with E-state index in [9.17, 15) is 9.59 Å². The van der Waals surface area contributed by atoms with Gasteiger partial charge in [-0.2, -0.15) is 4.98 Å². The van der Waals surface area contributed by atoms with Gasteiger partial charge < -0.3 is 19.0 Å². The first-order valence-corrected chi connectivity index (χ1v) is 8.98. The molecule has 0 radical (unpaired) electrons. The first-order valence-electron chi connectivity index (χ1n) is 8.98. The summed E-state index contributed by atoms with van der Waals surface area (Å²) in [7, 11) is 0. The highest BCUT2D eigenvalue weighted by Crippen LogP contribution is 2.25. The molecule has 1 aliphatic heterocycles. The van der Waals surface area contributed by atoms with E-state index in [1.807, 2.05) is 24.3 Å². The van der Waals surface area contributed by atoms with Crippen molar-refractivity contribution in [2.45, 2.75) is 25.8 Å². The zero-order valence-electron chi connectivity index (χ0n) is 15.3. The maximum Gasteiger partial charge on any atom is 0.349 e. The maximum absolute atomic E-state index is 12.5. The molecule has 3 heterocycles. The molecule has 1 fully saturated rings. The van der Waals surface area contributed by atoms with Gasteiger partial charge >= 0.3 is 5.63 Å². The maximum atomic E-state index is 12.5. The van der Waals surface area contributed by atoms with Gasteiger partial charge in [-0.05, 0) is 30.5 Å². The molecule has 1 atom stereocenters. The molecule has 3 aromatic rings. The molecule has 0 aliphatic carbocycles. The minimum Gasteiger partial charge on any atom is -0.427 e. The van der Waals surface area contributed by atoms with Crippen LogP contribution in [0, 0.1) is 6.92 Å². The van der Waals surface area contributed by atoms with Gasteiger partial charge in [-0.3, -0.25) is 4.79 Å². The first-order chi connectivity index (χ1) is 13.6. The molecule has 28 heavy (non-hydrogen) atoms. The molecule has 0 saturated carbocycles. The van der Waals surface area contributed by atoms with Crippen molar-refractivity contribution in [3.8, 4) is 11.4 Å². The molecule has 1 unspecified atom stereocenters. The molecule has 1 aromatic carbocycles. The summed E-state index contributed by atoms with van der Waals surface area (Å²) in [5.41, 5.74) is 1.70. The minimum absolute atomic E-state index is 0.0334. The van der Waals surface area contributed by atoms with E-state index < -0.39 is 11.5 Å². The molecule has 1 N–H and O–H groups in total. The van der Waals surface area contributed by atoms with Crippen LogP contribution in [0.1, 0.15) is 39.6 Å². The highest BCUT2D eigenvalue weighted by atomic mass is 16.5. The van der Waals surface area contributed by atoms with Gasteiger partial charge in [0.15, 0.2) is 0 Å². The minimum atomic E-state index is -0.619. The molecule has 0 bridgehead atoms. The summed E-state index contributed by atoms with van der Waals surface area (Å²) in [4.78, 5) is 28.9. The SMILES string of the molecule is Cc1cc(C2CCOC2)oc(=O)c1C(=O)NCc1ccc(-c2ncon2)cc1. The van der Waals surface area contributed by atoms with Crippen LogP contribution in [0.3, 0.4) is 0 Å². The van der Waals surface area contributed by atoms with Crippen LogP contribution < -0.4 is 10.9 Å². The third-order valence-electron chi connectivity index (χ3n) is 4.75. The standard InChI is InChI=1S/C20H19N3O5/c1-12-8-16(15-6-7-26-10-15)28-20(25)17(12)19(24)21-9-13-2-4-14(5-3-13)18-22-11-27-23-18/h2-5,8,11,15H,6-7,9-10H2,1H3,(H,21,24). The first kappa shape index (κ1) is 18.1. The molecular formula is C20H19N3O5. The van der Waals surface area contributed by atoms with E-state index in [2.05, 4.69) is 15.5 Å². The number of hydrogen-bond donors (Lipinski definition) is 1. The van der Waals surface area contributed by atoms with Crippen LogP contribution in [-0.2, 0) is 11.3 Å². The second-order valence-corrected chi connectivity index (χ2v) is 6.69. The molecule has 8 nitrogen and oxygen atoms in total. The lowest BCUT2D eigenvalue weighted by Gasteiger charge is -2.11. The van der Waals surface area contributed by atoms with Crippen molar-refractivity contribution in [3.63, 3.8) is 0 Å². The molecular weight excluding hydrogens is 362 g/mol. The molecule has 144 valence electrons. The van der Waals surface area contributed by atoms with E-state index in [-0.39, 0.29) is 18.0 Å². The van der Waals surface area contributed by atoms with Gasteiger partial charge in [-0.1, -0.05) is 29.4 Å². The molecule has 1 aliphatic rings. The number of benzene rings is 1. The highest BCUT2D eigenvalue weighted by Gasteiger charge is 2.24. The number of rotatable bonds is 5. The Kier molecular flexibility index (Phi) is 5.03. The fraction of sp³-hybridized carbons (Fsp3) is 0.300. The average Bonchev–Trinajstić information content (AvgIpc) is 3.40. The Bertz CT molecular complexity index is 1020. The predicted molar refractivity (Wildman–Crippen MR) is 98.8 cm³/mol. The van der Waals surface area contributed by atoms with Gasteiger partial charge in [-0.15, -0.1) is 0 Å². The Morgan fingerprint density at radius 1 is 1.29 bits per heavy atom. The van der Waals surface area contributed by atoms with Gasteiger partial charge in [0.25, 0.3) is 5.91 Å². The van der Waals surface area contributed by atoms with Crippen LogP contribution in [0.2, 0.25) is 0 Å². The Hall–Kier alpha value is -3.26. The number of ether oxygens (including phenoxy) is 1. The quantitative estimate of drug-likeness (QED) is 0.723. The number of carbonyl (C=O) groups is 1. The van der Waals surface area contributed by atoms with Crippen LogP contribution >= 0.6 is 0 Å². The second kappa shape index (κ2) is 7.77. The van der Waals surface area contributed by atoms with Gasteiger partial charge in [-0.25, -0.2) is 4.79 Å². The lowest BCUT2D eigenvalue weighted by molar-refractivity contribution is 0.0945. The number of nitrogens with one attached hydrogen (secondary N) is 1. The number of hydrogen-bond acceptors (Lipinski definition) is 7. The van der Waals surface area contributed by atoms with E-state index in [1.165, 1.54) is 6.39 Å². The Morgan fingerprint density at radius 3 is 2.75 bits per heavy atom. The summed E-state index contributed by atoms with van der Waals surface area (Å²) in [6.45, 7) is 3.21. The molecule has 1 amide bonds. The van der Waals surface area contributed by atoms with Crippen molar-refractivity contribution in [1.29, 1.82) is 0 Å². The smallest absolute Gasteiger partial charge is 0.349 e. The fourth-order valence-corrected chi connectivity index (χ4v) is 3.21. The second-order valence-electron chi connectivity index (χ2n) is 6.69. The topological polar surface area (TPSA) is 107 Å². The zero-order chi connectivity index (χ0) is 19.5. The summed E-state index contributed by atoms with van der Waals surface area (Å²) >= 11 is 0. The lowest BCUT2D eigenvalue weighted by Crippen LogP contribution is -2.29. The Morgan fingerprint density at radius 2 is 2.11 bits per heavy atom. The Labute approximate surface area is 160 Å². The lowest BCUT2D eigenvalue weighted by atomic mass is 10.0. The van der Waals surface area contributed by atoms with Crippen molar-refractivity contribution >= 4 is 5.91 Å². The van der Waals surface area contributed by atoms with E-state index in [4.69, 9.17) is 13.7 Å². The normalized spacial score (nSPS) is 16.2. The van der Waals surface area contributed by atoms with Gasteiger partial charge in [0, 0.05) is 24.6 Å². The average molecular weight is 381 g/mol. The number of aromatic nitrogens is 2. The van der Waals surface area contributed by atoms with E-state index in [0.717, 1.165) is 17.5 Å². The van der Waals surface area contributed by atoms with E-state index >= 15 is 0 Å². The number of nitrogens with zero attached hydrogens (tertiary/aromatic N) is 2. The van der Waals surface area contributed by atoms with E-state index in [1.54, 1.807) is 13.0 Å². The summed E-state index contributed by atoms with van der Waals surface area (Å²) in [5.74, 6) is 0.689.